The molecule has 0 bridgehead atoms. The van der Waals surface area contributed by atoms with Gasteiger partial charge in [-0.15, -0.1) is 0 Å². The lowest BCUT2D eigenvalue weighted by Crippen LogP contribution is -2.01. The first kappa shape index (κ1) is 42.0. The number of unbranched alkanes of at least 4 members (excludes halogenated alkanes) is 19. The van der Waals surface area contributed by atoms with E-state index in [1.54, 1.807) is 0 Å². The van der Waals surface area contributed by atoms with Gasteiger partial charge in [0.1, 0.15) is 0 Å². The maximum atomic E-state index is 2.52. The molecule has 42 heavy (non-hydrogen) atoms. The normalized spacial score (nSPS) is 14.7. The largest absolute Gasteiger partial charge is 0.0654 e. The third kappa shape index (κ3) is 32.9. The molecule has 4 unspecified atom stereocenters. The van der Waals surface area contributed by atoms with Crippen molar-refractivity contribution in [2.75, 3.05) is 0 Å². The van der Waals surface area contributed by atoms with Gasteiger partial charge in [0, 0.05) is 0 Å². The molecule has 0 aromatic heterocycles. The molecule has 0 heterocycles. The quantitative estimate of drug-likeness (QED) is 0.0644. The van der Waals surface area contributed by atoms with Crippen molar-refractivity contribution >= 4 is 0 Å². The topological polar surface area (TPSA) is 0 Å². The Kier molecular flexibility index (Phi) is 33.9. The highest BCUT2D eigenvalue weighted by atomic mass is 14.1. The average Bonchev–Trinajstić information content (AvgIpc) is 2.97. The Bertz CT molecular complexity index is 480. The van der Waals surface area contributed by atoms with Crippen LogP contribution < -0.4 is 0 Å². The molecule has 0 spiro atoms. The molecule has 0 saturated heterocycles. The van der Waals surface area contributed by atoms with Crippen LogP contribution in [0.1, 0.15) is 247 Å². The number of hydrogen-bond donors (Lipinski definition) is 0. The predicted octanol–water partition coefficient (Wildman–Crippen LogP) is 16.1. The molecule has 0 aromatic carbocycles. The zero-order valence-corrected chi connectivity index (χ0v) is 30.9. The van der Waals surface area contributed by atoms with E-state index in [0.29, 0.717) is 0 Å². The molecule has 0 aromatic rings. The van der Waals surface area contributed by atoms with Crippen LogP contribution in [0.4, 0.5) is 0 Å². The Labute approximate surface area is 270 Å². The monoisotopic (exact) mass is 591 g/mol. The van der Waals surface area contributed by atoms with Gasteiger partial charge in [-0.3, -0.25) is 0 Å². The smallest absolute Gasteiger partial charge is 0.0443 e. The molecule has 254 valence electrons. The van der Waals surface area contributed by atoms with Gasteiger partial charge in [0.15, 0.2) is 0 Å². The first-order valence-corrected chi connectivity index (χ1v) is 20.5. The van der Waals surface area contributed by atoms with Crippen molar-refractivity contribution in [3.05, 3.63) is 0 Å². The fourth-order valence-corrected chi connectivity index (χ4v) is 7.15. The van der Waals surface area contributed by atoms with Crippen LogP contribution in [0.5, 0.6) is 0 Å². The van der Waals surface area contributed by atoms with Gasteiger partial charge < -0.3 is 0 Å². The third-order valence-electron chi connectivity index (χ3n) is 10.5. The fraction of sp³-hybridized carbons (Fsp3) is 1.00. The van der Waals surface area contributed by atoms with E-state index in [1.807, 2.05) is 0 Å². The second kappa shape index (κ2) is 33.9. The van der Waals surface area contributed by atoms with Crippen molar-refractivity contribution in [1.82, 2.24) is 0 Å². The molecule has 0 rings (SSSR count). The Morgan fingerprint density at radius 3 is 0.667 bits per heavy atom. The van der Waals surface area contributed by atoms with Crippen LogP contribution in [-0.4, -0.2) is 0 Å². The molecule has 0 saturated carbocycles. The van der Waals surface area contributed by atoms with E-state index in [1.165, 1.54) is 205 Å². The lowest BCUT2D eigenvalue weighted by molar-refractivity contribution is 0.372. The van der Waals surface area contributed by atoms with Crippen LogP contribution >= 0.6 is 0 Å². The second-order valence-corrected chi connectivity index (χ2v) is 15.5. The average molecular weight is 591 g/mol. The van der Waals surface area contributed by atoms with Crippen molar-refractivity contribution in [1.29, 1.82) is 0 Å². The Balaban J connectivity index is 3.38. The lowest BCUT2D eigenvalue weighted by Gasteiger charge is -2.16. The van der Waals surface area contributed by atoms with Gasteiger partial charge in [0.05, 0.1) is 0 Å². The van der Waals surface area contributed by atoms with Gasteiger partial charge >= 0.3 is 0 Å². The van der Waals surface area contributed by atoms with Crippen molar-refractivity contribution in [2.24, 2.45) is 23.7 Å². The Hall–Kier alpha value is 0. The summed E-state index contributed by atoms with van der Waals surface area (Å²) < 4.78 is 0. The van der Waals surface area contributed by atoms with E-state index in [-0.39, 0.29) is 0 Å². The summed E-state index contributed by atoms with van der Waals surface area (Å²) in [6.45, 7) is 14.6. The third-order valence-corrected chi connectivity index (χ3v) is 10.5. The first-order valence-electron chi connectivity index (χ1n) is 20.5. The van der Waals surface area contributed by atoms with Gasteiger partial charge in [-0.25, -0.2) is 0 Å². The lowest BCUT2D eigenvalue weighted by atomic mass is 9.90. The Morgan fingerprint density at radius 1 is 0.214 bits per heavy atom. The zero-order valence-electron chi connectivity index (χ0n) is 30.9. The van der Waals surface area contributed by atoms with Crippen LogP contribution in [0.2, 0.25) is 0 Å². The molecule has 0 amide bonds. The van der Waals surface area contributed by atoms with Gasteiger partial charge in [-0.05, 0) is 23.7 Å². The van der Waals surface area contributed by atoms with Gasteiger partial charge in [0.25, 0.3) is 0 Å². The highest BCUT2D eigenvalue weighted by molar-refractivity contribution is 4.62. The minimum Gasteiger partial charge on any atom is -0.0654 e. The minimum atomic E-state index is 0.941. The minimum absolute atomic E-state index is 0.941. The van der Waals surface area contributed by atoms with Crippen molar-refractivity contribution in [2.45, 2.75) is 247 Å². The summed E-state index contributed by atoms with van der Waals surface area (Å²) in [4.78, 5) is 0. The molecule has 0 fully saturated rings. The molecule has 0 aliphatic heterocycles. The number of rotatable bonds is 35. The molecular formula is C42H86. The van der Waals surface area contributed by atoms with Crippen LogP contribution in [-0.2, 0) is 0 Å². The molecule has 4 atom stereocenters. The van der Waals surface area contributed by atoms with Crippen molar-refractivity contribution < 1.29 is 0 Å². The van der Waals surface area contributed by atoms with E-state index in [2.05, 4.69) is 41.5 Å². The summed E-state index contributed by atoms with van der Waals surface area (Å²) >= 11 is 0. The van der Waals surface area contributed by atoms with E-state index >= 15 is 0 Å². The summed E-state index contributed by atoms with van der Waals surface area (Å²) in [5, 5.41) is 0. The summed E-state index contributed by atoms with van der Waals surface area (Å²) in [5.74, 6) is 3.79. The van der Waals surface area contributed by atoms with Crippen LogP contribution in [0.15, 0.2) is 0 Å². The fourth-order valence-electron chi connectivity index (χ4n) is 7.15. The van der Waals surface area contributed by atoms with Crippen LogP contribution in [0, 0.1) is 23.7 Å². The first-order chi connectivity index (χ1) is 20.5. The summed E-state index contributed by atoms with van der Waals surface area (Å²) in [6.07, 6.45) is 46.9. The summed E-state index contributed by atoms with van der Waals surface area (Å²) in [6, 6.07) is 0. The maximum absolute atomic E-state index is 2.52. The molecule has 0 heteroatoms. The highest BCUT2D eigenvalue weighted by Crippen LogP contribution is 2.24. The highest BCUT2D eigenvalue weighted by Gasteiger charge is 2.08. The maximum Gasteiger partial charge on any atom is -0.0443 e. The molecule has 0 aliphatic rings. The van der Waals surface area contributed by atoms with Gasteiger partial charge in [-0.1, -0.05) is 247 Å². The number of hydrogen-bond acceptors (Lipinski definition) is 0. The predicted molar refractivity (Wildman–Crippen MR) is 196 cm³/mol. The molecule has 0 nitrogen and oxygen atoms in total. The van der Waals surface area contributed by atoms with Crippen molar-refractivity contribution in [3.63, 3.8) is 0 Å². The second-order valence-electron chi connectivity index (χ2n) is 15.5. The molecule has 0 aliphatic carbocycles. The van der Waals surface area contributed by atoms with Crippen molar-refractivity contribution in [3.8, 4) is 0 Å². The molecule has 0 radical (unpaired) electrons. The molecular weight excluding hydrogens is 504 g/mol. The van der Waals surface area contributed by atoms with E-state index in [0.717, 1.165) is 23.7 Å². The molecule has 0 N–H and O–H groups in total. The van der Waals surface area contributed by atoms with E-state index < -0.39 is 0 Å². The van der Waals surface area contributed by atoms with E-state index in [9.17, 15) is 0 Å². The SMILES string of the molecule is CCCCCCCCCCCCCCCCCCC(C)CCCCCC(C)CCCC(C)CCCC(C)CCCCC. The zero-order chi connectivity index (χ0) is 30.9. The van der Waals surface area contributed by atoms with E-state index in [4.69, 9.17) is 0 Å². The standard InChI is InChI=1S/C42H86/c1-7-9-11-12-13-14-15-16-17-18-19-20-21-22-23-26-32-39(3)33-27-24-28-34-41(5)36-30-38-42(6)37-29-35-40(4)31-25-10-8-2/h39-42H,7-38H2,1-6H3. The van der Waals surface area contributed by atoms with Crippen LogP contribution in [0.25, 0.3) is 0 Å². The van der Waals surface area contributed by atoms with Gasteiger partial charge in [0.2, 0.25) is 0 Å². The summed E-state index contributed by atoms with van der Waals surface area (Å²) in [7, 11) is 0. The van der Waals surface area contributed by atoms with Gasteiger partial charge in [-0.2, -0.15) is 0 Å². The Morgan fingerprint density at radius 2 is 0.381 bits per heavy atom. The summed E-state index contributed by atoms with van der Waals surface area (Å²) in [5.41, 5.74) is 0. The van der Waals surface area contributed by atoms with Crippen LogP contribution in [0.3, 0.4) is 0 Å².